The first-order chi connectivity index (χ1) is 27.7. The van der Waals surface area contributed by atoms with E-state index in [1.54, 1.807) is 0 Å². The van der Waals surface area contributed by atoms with Crippen LogP contribution in [0.4, 0.5) is 0 Å². The molecule has 3 aromatic heterocycles. The van der Waals surface area contributed by atoms with Crippen LogP contribution in [0.2, 0.25) is 0 Å². The Morgan fingerprint density at radius 3 is 1.54 bits per heavy atom. The van der Waals surface area contributed by atoms with Gasteiger partial charge >= 0.3 is 0 Å². The monoisotopic (exact) mass is 714 g/mol. The first kappa shape index (κ1) is 30.9. The molecule has 0 saturated carbocycles. The normalized spacial score (nSPS) is 11.9. The average Bonchev–Trinajstić information content (AvgIpc) is 3.85. The summed E-state index contributed by atoms with van der Waals surface area (Å²) in [5.41, 5.74) is 12.8. The molecule has 0 aliphatic carbocycles. The Morgan fingerprint density at radius 2 is 0.768 bits per heavy atom. The molecule has 260 valence electrons. The Kier molecular flexibility index (Phi) is 6.60. The SMILES string of the molecule is c1ccc(-c2cc(-c3ccc4c(c3)oc3ccccc34)nc(-c3cccc(-c4cccc(-c5ccc6c(c5)c5cccc7oc8cccc6c8c75)c4)c3)n2)cc1. The minimum Gasteiger partial charge on any atom is -0.456 e. The number of hydrogen-bond donors (Lipinski definition) is 0. The molecule has 56 heavy (non-hydrogen) atoms. The van der Waals surface area contributed by atoms with Gasteiger partial charge in [0.05, 0.1) is 11.4 Å². The maximum atomic E-state index is 6.28. The summed E-state index contributed by atoms with van der Waals surface area (Å²) in [4.78, 5) is 10.3. The summed E-state index contributed by atoms with van der Waals surface area (Å²) in [7, 11) is 0. The van der Waals surface area contributed by atoms with Gasteiger partial charge in [0.1, 0.15) is 22.3 Å². The van der Waals surface area contributed by atoms with Crippen LogP contribution >= 0.6 is 0 Å². The van der Waals surface area contributed by atoms with Gasteiger partial charge in [-0.2, -0.15) is 0 Å². The second kappa shape index (κ2) is 12.0. The molecule has 0 amide bonds. The number of fused-ring (bicyclic) bond motifs is 6. The molecule has 0 aliphatic rings. The average molecular weight is 715 g/mol. The van der Waals surface area contributed by atoms with Crippen molar-refractivity contribution in [2.24, 2.45) is 0 Å². The molecule has 0 spiro atoms. The molecular weight excluding hydrogens is 685 g/mol. The molecule has 0 N–H and O–H groups in total. The van der Waals surface area contributed by atoms with Crippen molar-refractivity contribution < 1.29 is 8.83 Å². The number of rotatable bonds is 5. The van der Waals surface area contributed by atoms with Crippen molar-refractivity contribution in [1.29, 1.82) is 0 Å². The van der Waals surface area contributed by atoms with E-state index in [4.69, 9.17) is 18.8 Å². The number of hydrogen-bond acceptors (Lipinski definition) is 4. The van der Waals surface area contributed by atoms with Gasteiger partial charge in [-0.3, -0.25) is 0 Å². The van der Waals surface area contributed by atoms with Gasteiger partial charge in [0.2, 0.25) is 0 Å². The predicted molar refractivity (Wildman–Crippen MR) is 230 cm³/mol. The summed E-state index contributed by atoms with van der Waals surface area (Å²) in [6.07, 6.45) is 0. The van der Waals surface area contributed by atoms with E-state index in [0.29, 0.717) is 5.82 Å². The number of benzene rings is 9. The first-order valence-corrected chi connectivity index (χ1v) is 18.9. The fourth-order valence-corrected chi connectivity index (χ4v) is 8.58. The van der Waals surface area contributed by atoms with Gasteiger partial charge in [-0.05, 0) is 98.4 Å². The fourth-order valence-electron chi connectivity index (χ4n) is 8.58. The predicted octanol–water partition coefficient (Wildman–Crippen LogP) is 14.4. The number of nitrogens with zero attached hydrogens (tertiary/aromatic N) is 2. The molecule has 0 fully saturated rings. The van der Waals surface area contributed by atoms with E-state index in [1.165, 1.54) is 37.9 Å². The Hall–Kier alpha value is -7.56. The lowest BCUT2D eigenvalue weighted by Gasteiger charge is -2.12. The Balaban J connectivity index is 0.959. The lowest BCUT2D eigenvalue weighted by atomic mass is 9.91. The van der Waals surface area contributed by atoms with Crippen molar-refractivity contribution in [2.45, 2.75) is 0 Å². The molecule has 0 bridgehead atoms. The number of furan rings is 2. The van der Waals surface area contributed by atoms with Crippen LogP contribution in [-0.4, -0.2) is 9.97 Å². The van der Waals surface area contributed by atoms with Crippen LogP contribution in [0, 0.1) is 0 Å². The molecular formula is C52H30N2O2. The van der Waals surface area contributed by atoms with Crippen LogP contribution in [0.3, 0.4) is 0 Å². The molecule has 0 aliphatic heterocycles. The summed E-state index contributed by atoms with van der Waals surface area (Å²) in [6, 6.07) is 63.8. The van der Waals surface area contributed by atoms with Gasteiger partial charge in [-0.15, -0.1) is 0 Å². The van der Waals surface area contributed by atoms with E-state index >= 15 is 0 Å². The van der Waals surface area contributed by atoms with Gasteiger partial charge in [0.15, 0.2) is 5.82 Å². The highest BCUT2D eigenvalue weighted by Crippen LogP contribution is 2.43. The zero-order valence-electron chi connectivity index (χ0n) is 30.0. The molecule has 4 heteroatoms. The van der Waals surface area contributed by atoms with E-state index in [0.717, 1.165) is 77.9 Å². The van der Waals surface area contributed by atoms with Crippen LogP contribution in [-0.2, 0) is 0 Å². The van der Waals surface area contributed by atoms with Crippen molar-refractivity contribution in [3.05, 3.63) is 182 Å². The van der Waals surface area contributed by atoms with Gasteiger partial charge < -0.3 is 8.83 Å². The van der Waals surface area contributed by atoms with E-state index in [1.807, 2.05) is 36.4 Å². The number of aromatic nitrogens is 2. The van der Waals surface area contributed by atoms with Crippen molar-refractivity contribution in [3.8, 4) is 56.2 Å². The summed E-state index contributed by atoms with van der Waals surface area (Å²) in [5, 5.41) is 9.52. The molecule has 3 heterocycles. The molecule has 0 radical (unpaired) electrons. The summed E-state index contributed by atoms with van der Waals surface area (Å²) in [5.74, 6) is 0.668. The third kappa shape index (κ3) is 4.79. The van der Waals surface area contributed by atoms with Gasteiger partial charge in [-0.25, -0.2) is 9.97 Å². The molecule has 4 nitrogen and oxygen atoms in total. The first-order valence-electron chi connectivity index (χ1n) is 18.9. The minimum atomic E-state index is 0.668. The van der Waals surface area contributed by atoms with Crippen molar-refractivity contribution in [2.75, 3.05) is 0 Å². The van der Waals surface area contributed by atoms with Gasteiger partial charge in [-0.1, -0.05) is 127 Å². The van der Waals surface area contributed by atoms with Crippen LogP contribution in [0.25, 0.3) is 122 Å². The lowest BCUT2D eigenvalue weighted by molar-refractivity contribution is 0.669. The second-order valence-electron chi connectivity index (χ2n) is 14.5. The van der Waals surface area contributed by atoms with Gasteiger partial charge in [0.25, 0.3) is 0 Å². The second-order valence-corrected chi connectivity index (χ2v) is 14.5. The standard InChI is InChI=1S/C52H30N2O2/c1-2-10-31(11-3-1)44-30-45(36-23-25-40-39-16-4-5-19-46(39)55-49(40)29-36)54-52(53-44)37-15-7-14-34(27-37)32-12-6-13-33(26-32)35-22-24-38-41-17-8-20-47-50(41)51-42(43(38)28-35)18-9-21-48(51)56-47/h1-30H. The molecule has 0 saturated heterocycles. The highest BCUT2D eigenvalue weighted by Gasteiger charge is 2.18. The Bertz CT molecular complexity index is 3480. The highest BCUT2D eigenvalue weighted by atomic mass is 16.3. The van der Waals surface area contributed by atoms with Crippen molar-refractivity contribution in [1.82, 2.24) is 9.97 Å². The summed E-state index contributed by atoms with van der Waals surface area (Å²) in [6.45, 7) is 0. The quantitative estimate of drug-likeness (QED) is 0.167. The Labute approximate surface area is 321 Å². The van der Waals surface area contributed by atoms with Gasteiger partial charge in [0, 0.05) is 38.2 Å². The zero-order valence-corrected chi connectivity index (χ0v) is 30.0. The highest BCUT2D eigenvalue weighted by molar-refractivity contribution is 6.33. The van der Waals surface area contributed by atoms with Crippen molar-refractivity contribution >= 4 is 65.4 Å². The molecule has 0 atom stereocenters. The zero-order chi connectivity index (χ0) is 36.7. The van der Waals surface area contributed by atoms with E-state index in [9.17, 15) is 0 Å². The largest absolute Gasteiger partial charge is 0.456 e. The Morgan fingerprint density at radius 1 is 0.268 bits per heavy atom. The minimum absolute atomic E-state index is 0.668. The smallest absolute Gasteiger partial charge is 0.160 e. The fraction of sp³-hybridized carbons (Fsp3) is 0. The summed E-state index contributed by atoms with van der Waals surface area (Å²) < 4.78 is 12.5. The molecule has 0 unspecified atom stereocenters. The maximum Gasteiger partial charge on any atom is 0.160 e. The van der Waals surface area contributed by atoms with Crippen LogP contribution in [0.15, 0.2) is 191 Å². The van der Waals surface area contributed by atoms with Crippen LogP contribution in [0.1, 0.15) is 0 Å². The summed E-state index contributed by atoms with van der Waals surface area (Å²) >= 11 is 0. The third-order valence-electron chi connectivity index (χ3n) is 11.2. The lowest BCUT2D eigenvalue weighted by Crippen LogP contribution is -1.96. The third-order valence-corrected chi connectivity index (χ3v) is 11.2. The van der Waals surface area contributed by atoms with E-state index < -0.39 is 0 Å². The van der Waals surface area contributed by atoms with Crippen LogP contribution in [0.5, 0.6) is 0 Å². The van der Waals surface area contributed by atoms with E-state index in [-0.39, 0.29) is 0 Å². The molecule has 12 aromatic rings. The maximum absolute atomic E-state index is 6.28. The number of para-hydroxylation sites is 1. The molecule has 12 rings (SSSR count). The topological polar surface area (TPSA) is 52.1 Å². The van der Waals surface area contributed by atoms with Crippen LogP contribution < -0.4 is 0 Å². The van der Waals surface area contributed by atoms with E-state index in [2.05, 4.69) is 146 Å². The van der Waals surface area contributed by atoms with Crippen molar-refractivity contribution in [3.63, 3.8) is 0 Å². The molecule has 9 aromatic carbocycles.